The highest BCUT2D eigenvalue weighted by atomic mass is 32.2. The maximum atomic E-state index is 13.7. The third-order valence-corrected chi connectivity index (χ3v) is 4.29. The molecule has 112 valence electrons. The Hall–Kier alpha value is -1.82. The number of carboxylic acids is 1. The molecule has 0 aliphatic heterocycles. The zero-order valence-corrected chi connectivity index (χ0v) is 12.9. The van der Waals surface area contributed by atoms with Crippen LogP contribution in [-0.2, 0) is 4.79 Å². The molecule has 0 aliphatic carbocycles. The van der Waals surface area contributed by atoms with Crippen LogP contribution in [0.5, 0.6) is 0 Å². The van der Waals surface area contributed by atoms with E-state index in [0.29, 0.717) is 10.7 Å². The smallest absolute Gasteiger partial charge is 0.313 e. The molecule has 6 heteroatoms. The number of aromatic nitrogens is 2. The molecule has 0 bridgehead atoms. The molecular formula is C15H17FN2O2S. The fourth-order valence-corrected chi connectivity index (χ4v) is 2.97. The van der Waals surface area contributed by atoms with Crippen LogP contribution in [0.15, 0.2) is 29.6 Å². The van der Waals surface area contributed by atoms with Gasteiger partial charge in [0, 0.05) is 11.9 Å². The third-order valence-electron chi connectivity index (χ3n) is 3.34. The van der Waals surface area contributed by atoms with E-state index in [4.69, 9.17) is 5.11 Å². The molecule has 2 aromatic rings. The predicted molar refractivity (Wildman–Crippen MR) is 80.3 cm³/mol. The first-order valence-electron chi connectivity index (χ1n) is 6.54. The summed E-state index contributed by atoms with van der Waals surface area (Å²) >= 11 is 1.16. The van der Waals surface area contributed by atoms with E-state index in [9.17, 15) is 9.18 Å². The van der Waals surface area contributed by atoms with E-state index in [1.54, 1.807) is 19.2 Å². The van der Waals surface area contributed by atoms with E-state index in [1.807, 2.05) is 24.5 Å². The molecule has 1 aromatic carbocycles. The van der Waals surface area contributed by atoms with Crippen LogP contribution in [0.4, 0.5) is 4.39 Å². The Bertz CT molecular complexity index is 670. The van der Waals surface area contributed by atoms with Crippen molar-refractivity contribution in [2.24, 2.45) is 0 Å². The maximum absolute atomic E-state index is 13.7. The van der Waals surface area contributed by atoms with Crippen molar-refractivity contribution in [1.82, 2.24) is 9.55 Å². The van der Waals surface area contributed by atoms with Gasteiger partial charge < -0.3 is 9.67 Å². The van der Waals surface area contributed by atoms with Gasteiger partial charge in [-0.15, -0.1) is 0 Å². The molecule has 0 spiro atoms. The summed E-state index contributed by atoms with van der Waals surface area (Å²) in [4.78, 5) is 14.9. The van der Waals surface area contributed by atoms with Gasteiger partial charge in [-0.2, -0.15) is 0 Å². The Morgan fingerprint density at radius 2 is 2.19 bits per heavy atom. The molecule has 2 rings (SSSR count). The Morgan fingerprint density at radius 3 is 2.81 bits per heavy atom. The van der Waals surface area contributed by atoms with E-state index in [0.717, 1.165) is 23.0 Å². The minimum Gasteiger partial charge on any atom is -0.481 e. The number of carboxylic acid groups (broad SMARTS) is 1. The first-order valence-corrected chi connectivity index (χ1v) is 7.53. The summed E-state index contributed by atoms with van der Waals surface area (Å²) in [6.45, 7) is 5.57. The van der Waals surface area contributed by atoms with Crippen molar-refractivity contribution in [3.63, 3.8) is 0 Å². The van der Waals surface area contributed by atoms with Crippen LogP contribution in [0, 0.1) is 19.7 Å². The predicted octanol–water partition coefficient (Wildman–Crippen LogP) is 3.43. The van der Waals surface area contributed by atoms with Crippen LogP contribution in [0.3, 0.4) is 0 Å². The molecule has 1 heterocycles. The highest BCUT2D eigenvalue weighted by Crippen LogP contribution is 2.27. The van der Waals surface area contributed by atoms with Crippen LogP contribution < -0.4 is 0 Å². The summed E-state index contributed by atoms with van der Waals surface area (Å²) in [6.07, 6.45) is 1.70. The molecule has 21 heavy (non-hydrogen) atoms. The number of thioether (sulfide) groups is 1. The number of carbonyl (C=O) groups is 1. The fourth-order valence-electron chi connectivity index (χ4n) is 2.15. The number of imidazole rings is 1. The largest absolute Gasteiger partial charge is 0.481 e. The van der Waals surface area contributed by atoms with Crippen LogP contribution in [0.2, 0.25) is 0 Å². The molecule has 0 aliphatic rings. The summed E-state index contributed by atoms with van der Waals surface area (Å²) in [5.74, 6) is -1.18. The molecule has 4 nitrogen and oxygen atoms in total. The molecular weight excluding hydrogens is 291 g/mol. The van der Waals surface area contributed by atoms with Gasteiger partial charge >= 0.3 is 5.97 Å². The van der Waals surface area contributed by atoms with Crippen LogP contribution in [-0.4, -0.2) is 26.4 Å². The Morgan fingerprint density at radius 1 is 1.48 bits per heavy atom. The van der Waals surface area contributed by atoms with Gasteiger partial charge in [-0.05, 0) is 38.0 Å². The number of aryl methyl sites for hydroxylation is 2. The lowest BCUT2D eigenvalue weighted by atomic mass is 10.1. The summed E-state index contributed by atoms with van der Waals surface area (Å²) in [7, 11) is 0. The maximum Gasteiger partial charge on any atom is 0.313 e. The second-order valence-electron chi connectivity index (χ2n) is 4.92. The summed E-state index contributed by atoms with van der Waals surface area (Å²) in [6, 6.07) is 5.04. The second kappa shape index (κ2) is 6.30. The van der Waals surface area contributed by atoms with Gasteiger partial charge in [0.05, 0.1) is 11.8 Å². The zero-order valence-electron chi connectivity index (χ0n) is 12.1. The average Bonchev–Trinajstić information content (AvgIpc) is 2.80. The Labute approximate surface area is 127 Å². The minimum atomic E-state index is -0.888. The molecule has 0 saturated carbocycles. The van der Waals surface area contributed by atoms with Crippen LogP contribution in [0.1, 0.15) is 29.8 Å². The Balaban J connectivity index is 2.33. The topological polar surface area (TPSA) is 55.1 Å². The van der Waals surface area contributed by atoms with Crippen molar-refractivity contribution >= 4 is 17.7 Å². The van der Waals surface area contributed by atoms with E-state index in [2.05, 4.69) is 4.98 Å². The molecule has 0 amide bonds. The summed E-state index contributed by atoms with van der Waals surface area (Å²) in [5, 5.41) is 9.42. The number of aliphatic carboxylic acids is 1. The summed E-state index contributed by atoms with van der Waals surface area (Å²) in [5.41, 5.74) is 2.35. The van der Waals surface area contributed by atoms with E-state index in [1.165, 1.54) is 6.07 Å². The standard InChI is InChI=1S/C15H17FN2O2S/c1-9-4-5-12(6-13(9)16)11(3)18-10(2)7-17-15(18)21-8-14(19)20/h4-7,11H,8H2,1-3H3,(H,19,20). The number of nitrogens with zero attached hydrogens (tertiary/aromatic N) is 2. The lowest BCUT2D eigenvalue weighted by Gasteiger charge is -2.19. The molecule has 0 saturated heterocycles. The van der Waals surface area contributed by atoms with E-state index < -0.39 is 5.97 Å². The molecule has 0 radical (unpaired) electrons. The quantitative estimate of drug-likeness (QED) is 0.860. The number of hydrogen-bond donors (Lipinski definition) is 1. The molecule has 0 fully saturated rings. The molecule has 1 unspecified atom stereocenters. The highest BCUT2D eigenvalue weighted by Gasteiger charge is 2.17. The highest BCUT2D eigenvalue weighted by molar-refractivity contribution is 7.99. The van der Waals surface area contributed by atoms with E-state index >= 15 is 0 Å². The lowest BCUT2D eigenvalue weighted by Crippen LogP contribution is -2.11. The van der Waals surface area contributed by atoms with Crippen molar-refractivity contribution in [3.8, 4) is 0 Å². The second-order valence-corrected chi connectivity index (χ2v) is 5.86. The molecule has 1 N–H and O–H groups in total. The van der Waals surface area contributed by atoms with Gasteiger partial charge in [0.15, 0.2) is 5.16 Å². The first-order chi connectivity index (χ1) is 9.90. The number of halogens is 1. The monoisotopic (exact) mass is 308 g/mol. The van der Waals surface area contributed by atoms with Gasteiger partial charge in [-0.25, -0.2) is 9.37 Å². The number of hydrogen-bond acceptors (Lipinski definition) is 3. The minimum absolute atomic E-state index is 0.0502. The molecule has 1 atom stereocenters. The van der Waals surface area contributed by atoms with Crippen molar-refractivity contribution in [2.75, 3.05) is 5.75 Å². The van der Waals surface area contributed by atoms with E-state index in [-0.39, 0.29) is 17.6 Å². The van der Waals surface area contributed by atoms with Crippen LogP contribution >= 0.6 is 11.8 Å². The average molecular weight is 308 g/mol. The third kappa shape index (κ3) is 3.44. The van der Waals surface area contributed by atoms with Crippen LogP contribution in [0.25, 0.3) is 0 Å². The van der Waals surface area contributed by atoms with Crippen molar-refractivity contribution in [2.45, 2.75) is 32.0 Å². The van der Waals surface area contributed by atoms with Crippen molar-refractivity contribution in [3.05, 3.63) is 47.0 Å². The first kappa shape index (κ1) is 15.6. The number of rotatable bonds is 5. The Kier molecular flexibility index (Phi) is 4.67. The zero-order chi connectivity index (χ0) is 15.6. The van der Waals surface area contributed by atoms with Gasteiger partial charge in [-0.3, -0.25) is 4.79 Å². The van der Waals surface area contributed by atoms with Gasteiger partial charge in [0.2, 0.25) is 0 Å². The molecule has 1 aromatic heterocycles. The number of benzene rings is 1. The SMILES string of the molecule is Cc1ccc(C(C)n2c(C)cnc2SCC(=O)O)cc1F. The lowest BCUT2D eigenvalue weighted by molar-refractivity contribution is -0.133. The summed E-state index contributed by atoms with van der Waals surface area (Å²) < 4.78 is 15.7. The normalized spacial score (nSPS) is 12.4. The van der Waals surface area contributed by atoms with Gasteiger partial charge in [0.25, 0.3) is 0 Å². The van der Waals surface area contributed by atoms with Gasteiger partial charge in [0.1, 0.15) is 5.82 Å². The fraction of sp³-hybridized carbons (Fsp3) is 0.333. The van der Waals surface area contributed by atoms with Crippen molar-refractivity contribution < 1.29 is 14.3 Å². The van der Waals surface area contributed by atoms with Crippen molar-refractivity contribution in [1.29, 1.82) is 0 Å². The van der Waals surface area contributed by atoms with Gasteiger partial charge in [-0.1, -0.05) is 23.9 Å².